The second-order valence-electron chi connectivity index (χ2n) is 11.6. The fourth-order valence-corrected chi connectivity index (χ4v) is 7.57. The molecule has 6 aromatic rings. The SMILES string of the molecule is C[Si](C)(C)CCOCn1c(-c2ccnc3c2ccn3S(=O)(=O)c2ccccc2)cc2c(=O)oc3cc(OC(F)F)cc(Cl)c3c21. The number of hydrogen-bond donors (Lipinski definition) is 0. The summed E-state index contributed by atoms with van der Waals surface area (Å²) in [6.45, 7) is 4.06. The highest BCUT2D eigenvalue weighted by Gasteiger charge is 2.25. The maximum atomic E-state index is 13.5. The molecule has 0 fully saturated rings. The van der Waals surface area contributed by atoms with E-state index in [2.05, 4.69) is 29.4 Å². The van der Waals surface area contributed by atoms with Gasteiger partial charge in [0.2, 0.25) is 0 Å². The minimum Gasteiger partial charge on any atom is -0.435 e. The molecule has 0 saturated carbocycles. The standard InChI is InChI=1S/C31H28ClF2N3O6SSi/c1-45(2,3)14-13-41-18-36-25(17-23-28(36)27-24(32)15-19(42-31(33)34)16-26(27)43-30(23)38)21-9-11-35-29-22(21)10-12-37(29)44(39,40)20-7-5-4-6-8-20/h4-12,15-17,31H,13-14,18H2,1-3H3. The molecule has 234 valence electrons. The Kier molecular flexibility index (Phi) is 8.06. The first kappa shape index (κ1) is 31.0. The van der Waals surface area contributed by atoms with E-state index in [1.807, 2.05) is 0 Å². The van der Waals surface area contributed by atoms with E-state index in [1.165, 1.54) is 36.7 Å². The minimum absolute atomic E-state index is 0.0142. The van der Waals surface area contributed by atoms with Crippen LogP contribution in [0.25, 0.3) is 44.2 Å². The predicted octanol–water partition coefficient (Wildman–Crippen LogP) is 7.57. The van der Waals surface area contributed by atoms with Gasteiger partial charge in [0.15, 0.2) is 5.65 Å². The Morgan fingerprint density at radius 2 is 1.80 bits per heavy atom. The lowest BCUT2D eigenvalue weighted by molar-refractivity contribution is -0.0497. The zero-order chi connectivity index (χ0) is 32.1. The van der Waals surface area contributed by atoms with Gasteiger partial charge in [-0.2, -0.15) is 8.78 Å². The summed E-state index contributed by atoms with van der Waals surface area (Å²) in [5, 5.41) is 1.03. The molecule has 0 amide bonds. The Labute approximate surface area is 262 Å². The summed E-state index contributed by atoms with van der Waals surface area (Å²) in [5.74, 6) is -0.258. The number of ether oxygens (including phenoxy) is 2. The van der Waals surface area contributed by atoms with Gasteiger partial charge in [-0.15, -0.1) is 0 Å². The number of rotatable bonds is 10. The Bertz CT molecular complexity index is 2230. The lowest BCUT2D eigenvalue weighted by Crippen LogP contribution is -2.22. The van der Waals surface area contributed by atoms with Crippen LogP contribution in [0.1, 0.15) is 0 Å². The van der Waals surface area contributed by atoms with Crippen LogP contribution in [-0.4, -0.2) is 43.2 Å². The van der Waals surface area contributed by atoms with Gasteiger partial charge >= 0.3 is 12.2 Å². The number of aromatic nitrogens is 3. The fourth-order valence-electron chi connectivity index (χ4n) is 5.20. The van der Waals surface area contributed by atoms with Crippen molar-refractivity contribution in [1.29, 1.82) is 0 Å². The molecular weight excluding hydrogens is 644 g/mol. The maximum Gasteiger partial charge on any atom is 0.387 e. The summed E-state index contributed by atoms with van der Waals surface area (Å²) >= 11 is 6.62. The number of hydrogen-bond acceptors (Lipinski definition) is 7. The van der Waals surface area contributed by atoms with Crippen molar-refractivity contribution >= 4 is 62.6 Å². The van der Waals surface area contributed by atoms with Crippen LogP contribution in [0.2, 0.25) is 30.7 Å². The number of pyridine rings is 1. The molecule has 0 aliphatic carbocycles. The van der Waals surface area contributed by atoms with Crippen LogP contribution < -0.4 is 10.4 Å². The number of fused-ring (bicyclic) bond motifs is 4. The average Bonchev–Trinajstić information content (AvgIpc) is 3.58. The van der Waals surface area contributed by atoms with Crippen molar-refractivity contribution in [2.45, 2.75) is 43.9 Å². The third-order valence-corrected chi connectivity index (χ3v) is 11.0. The Hall–Kier alpha value is -4.04. The summed E-state index contributed by atoms with van der Waals surface area (Å²) in [7, 11) is -5.40. The summed E-state index contributed by atoms with van der Waals surface area (Å²) in [6.07, 6.45) is 2.93. The van der Waals surface area contributed by atoms with Crippen molar-refractivity contribution in [3.63, 3.8) is 0 Å². The molecule has 45 heavy (non-hydrogen) atoms. The quantitative estimate of drug-likeness (QED) is 0.0840. The smallest absolute Gasteiger partial charge is 0.387 e. The van der Waals surface area contributed by atoms with Gasteiger partial charge in [0, 0.05) is 44.1 Å². The van der Waals surface area contributed by atoms with E-state index in [4.69, 9.17) is 20.8 Å². The van der Waals surface area contributed by atoms with Gasteiger partial charge in [-0.05, 0) is 42.4 Å². The van der Waals surface area contributed by atoms with Gasteiger partial charge < -0.3 is 18.5 Å². The lowest BCUT2D eigenvalue weighted by Gasteiger charge is -2.17. The molecule has 0 unspecified atom stereocenters. The molecular formula is C31H28ClF2N3O6SSi. The largest absolute Gasteiger partial charge is 0.435 e. The van der Waals surface area contributed by atoms with Crippen molar-refractivity contribution in [3.8, 4) is 17.0 Å². The highest BCUT2D eigenvalue weighted by atomic mass is 35.5. The van der Waals surface area contributed by atoms with Crippen molar-refractivity contribution in [2.75, 3.05) is 6.61 Å². The first-order chi connectivity index (χ1) is 21.3. The number of nitrogens with zero attached hydrogens (tertiary/aromatic N) is 3. The number of benzene rings is 2. The molecule has 0 spiro atoms. The highest BCUT2D eigenvalue weighted by molar-refractivity contribution is 7.90. The molecule has 14 heteroatoms. The highest BCUT2D eigenvalue weighted by Crippen LogP contribution is 2.39. The molecule has 6 rings (SSSR count). The van der Waals surface area contributed by atoms with Gasteiger partial charge in [0.25, 0.3) is 10.0 Å². The summed E-state index contributed by atoms with van der Waals surface area (Å²) in [6, 6.07) is 16.3. The number of halogens is 3. The maximum absolute atomic E-state index is 13.5. The van der Waals surface area contributed by atoms with Crippen LogP contribution >= 0.6 is 11.6 Å². The van der Waals surface area contributed by atoms with Gasteiger partial charge in [-0.3, -0.25) is 0 Å². The molecule has 2 aromatic carbocycles. The van der Waals surface area contributed by atoms with E-state index in [0.717, 1.165) is 10.0 Å². The normalized spacial score (nSPS) is 12.6. The van der Waals surface area contributed by atoms with Crippen LogP contribution in [0.15, 0.2) is 87.2 Å². The molecule has 0 atom stereocenters. The molecule has 0 radical (unpaired) electrons. The Balaban J connectivity index is 1.58. The van der Waals surface area contributed by atoms with Gasteiger partial charge in [0.1, 0.15) is 18.1 Å². The van der Waals surface area contributed by atoms with Gasteiger partial charge in [-0.1, -0.05) is 49.4 Å². The molecule has 0 bridgehead atoms. The monoisotopic (exact) mass is 671 g/mol. The third kappa shape index (κ3) is 5.88. The van der Waals surface area contributed by atoms with Gasteiger partial charge in [-0.25, -0.2) is 22.2 Å². The zero-order valence-electron chi connectivity index (χ0n) is 24.5. The molecule has 9 nitrogen and oxygen atoms in total. The van der Waals surface area contributed by atoms with E-state index in [1.54, 1.807) is 41.0 Å². The van der Waals surface area contributed by atoms with E-state index < -0.39 is 30.3 Å². The van der Waals surface area contributed by atoms with E-state index >= 15 is 0 Å². The molecule has 4 heterocycles. The number of alkyl halides is 2. The van der Waals surface area contributed by atoms with Crippen molar-refractivity contribution in [2.24, 2.45) is 0 Å². The van der Waals surface area contributed by atoms with Crippen LogP contribution in [0.4, 0.5) is 8.78 Å². The van der Waals surface area contributed by atoms with Crippen LogP contribution in [-0.2, 0) is 21.5 Å². The van der Waals surface area contributed by atoms with Gasteiger partial charge in [0.05, 0.1) is 31.9 Å². The Morgan fingerprint density at radius 1 is 1.04 bits per heavy atom. The Morgan fingerprint density at radius 3 is 2.51 bits per heavy atom. The third-order valence-electron chi connectivity index (χ3n) is 7.36. The molecule has 0 N–H and O–H groups in total. The summed E-state index contributed by atoms with van der Waals surface area (Å²) in [4.78, 5) is 17.8. The minimum atomic E-state index is -3.96. The second kappa shape index (κ2) is 11.7. The zero-order valence-corrected chi connectivity index (χ0v) is 27.0. The second-order valence-corrected chi connectivity index (χ2v) is 19.5. The molecule has 0 saturated heterocycles. The summed E-state index contributed by atoms with van der Waals surface area (Å²) < 4.78 is 72.0. The van der Waals surface area contributed by atoms with Crippen molar-refractivity contribution < 1.29 is 31.1 Å². The topological polar surface area (TPSA) is 106 Å². The van der Waals surface area contributed by atoms with Crippen LogP contribution in [0.5, 0.6) is 5.75 Å². The first-order valence-corrected chi connectivity index (χ1v) is 19.5. The van der Waals surface area contributed by atoms with Crippen molar-refractivity contribution in [1.82, 2.24) is 13.5 Å². The van der Waals surface area contributed by atoms with E-state index in [9.17, 15) is 22.0 Å². The van der Waals surface area contributed by atoms with E-state index in [0.29, 0.717) is 34.2 Å². The fraction of sp³-hybridized carbons (Fsp3) is 0.226. The molecule has 0 aliphatic rings. The van der Waals surface area contributed by atoms with Crippen LogP contribution in [0, 0.1) is 0 Å². The molecule has 0 aliphatic heterocycles. The van der Waals surface area contributed by atoms with Crippen LogP contribution in [0.3, 0.4) is 0 Å². The summed E-state index contributed by atoms with van der Waals surface area (Å²) in [5.41, 5.74) is 0.899. The van der Waals surface area contributed by atoms with Crippen molar-refractivity contribution in [3.05, 3.63) is 88.5 Å². The van der Waals surface area contributed by atoms with E-state index in [-0.39, 0.29) is 39.0 Å². The average molecular weight is 672 g/mol. The predicted molar refractivity (Wildman–Crippen MR) is 171 cm³/mol. The lowest BCUT2D eigenvalue weighted by atomic mass is 10.1. The first-order valence-electron chi connectivity index (χ1n) is 13.9. The molecule has 4 aromatic heterocycles.